The number of piperazine rings is 1. The van der Waals surface area contributed by atoms with Crippen LogP contribution >= 0.6 is 0 Å². The predicted molar refractivity (Wildman–Crippen MR) is 143 cm³/mol. The number of methoxy groups -OCH3 is 1. The highest BCUT2D eigenvalue weighted by molar-refractivity contribution is 5.89. The third-order valence-electron chi connectivity index (χ3n) is 7.32. The molecule has 0 bridgehead atoms. The molecule has 1 aliphatic heterocycles. The molecule has 3 aromatic rings. The van der Waals surface area contributed by atoms with Gasteiger partial charge in [-0.2, -0.15) is 0 Å². The van der Waals surface area contributed by atoms with Gasteiger partial charge in [-0.15, -0.1) is 0 Å². The molecule has 1 aliphatic rings. The Balaban J connectivity index is 1.20. The van der Waals surface area contributed by atoms with Crippen LogP contribution in [0.4, 0.5) is 5.69 Å². The van der Waals surface area contributed by atoms with Crippen molar-refractivity contribution < 1.29 is 14.6 Å². The Kier molecular flexibility index (Phi) is 8.69. The van der Waals surface area contributed by atoms with Crippen molar-refractivity contribution in [2.45, 2.75) is 51.5 Å². The number of aromatic nitrogens is 1. The van der Waals surface area contributed by atoms with Crippen LogP contribution in [0.2, 0.25) is 0 Å². The quantitative estimate of drug-likeness (QED) is 0.344. The van der Waals surface area contributed by atoms with Gasteiger partial charge in [-0.25, -0.2) is 0 Å². The second kappa shape index (κ2) is 12.1. The molecule has 1 unspecified atom stereocenters. The van der Waals surface area contributed by atoms with Crippen LogP contribution in [-0.2, 0) is 11.3 Å². The van der Waals surface area contributed by atoms with Gasteiger partial charge in [-0.1, -0.05) is 50.1 Å². The van der Waals surface area contributed by atoms with Crippen molar-refractivity contribution in [3.05, 3.63) is 60.3 Å². The lowest BCUT2D eigenvalue weighted by molar-refractivity contribution is -0.138. The summed E-state index contributed by atoms with van der Waals surface area (Å²) >= 11 is 0. The highest BCUT2D eigenvalue weighted by Crippen LogP contribution is 2.31. The van der Waals surface area contributed by atoms with E-state index >= 15 is 0 Å². The van der Waals surface area contributed by atoms with Gasteiger partial charge < -0.3 is 19.3 Å². The second-order valence-corrected chi connectivity index (χ2v) is 9.51. The molecule has 6 heteroatoms. The third-order valence-corrected chi connectivity index (χ3v) is 7.32. The molecule has 2 aromatic carbocycles. The maximum Gasteiger partial charge on any atom is 0.311 e. The molecule has 1 atom stereocenters. The Morgan fingerprint density at radius 2 is 1.63 bits per heavy atom. The predicted octanol–water partition coefficient (Wildman–Crippen LogP) is 5.61. The Hall–Kier alpha value is -2.99. The monoisotopic (exact) mass is 477 g/mol. The molecule has 0 amide bonds. The van der Waals surface area contributed by atoms with Crippen molar-refractivity contribution in [1.82, 2.24) is 9.47 Å². The van der Waals surface area contributed by atoms with Crippen LogP contribution < -0.4 is 9.64 Å². The van der Waals surface area contributed by atoms with Crippen LogP contribution in [0.5, 0.6) is 5.75 Å². The SMILES string of the molecule is CCC(C(=O)O)c1cn(CCCCCCN2CCN(c3ccccc3OC)CC2)c2ccccc12. The topological polar surface area (TPSA) is 57.9 Å². The molecule has 1 aromatic heterocycles. The summed E-state index contributed by atoms with van der Waals surface area (Å²) in [6.45, 7) is 8.32. The van der Waals surface area contributed by atoms with Crippen molar-refractivity contribution in [3.63, 3.8) is 0 Å². The summed E-state index contributed by atoms with van der Waals surface area (Å²) in [5.74, 6) is -0.222. The lowest BCUT2D eigenvalue weighted by Gasteiger charge is -2.36. The first-order valence-corrected chi connectivity index (χ1v) is 13.0. The van der Waals surface area contributed by atoms with Crippen LogP contribution in [0.3, 0.4) is 0 Å². The Bertz CT molecular complexity index is 1100. The summed E-state index contributed by atoms with van der Waals surface area (Å²) in [5.41, 5.74) is 3.29. The molecule has 0 radical (unpaired) electrons. The number of hydrogen-bond acceptors (Lipinski definition) is 4. The van der Waals surface area contributed by atoms with E-state index in [1.54, 1.807) is 7.11 Å². The Morgan fingerprint density at radius 3 is 2.34 bits per heavy atom. The largest absolute Gasteiger partial charge is 0.495 e. The van der Waals surface area contributed by atoms with Crippen LogP contribution in [0.25, 0.3) is 10.9 Å². The van der Waals surface area contributed by atoms with Gasteiger partial charge in [0.05, 0.1) is 18.7 Å². The molecule has 0 saturated carbocycles. The summed E-state index contributed by atoms with van der Waals surface area (Å²) in [7, 11) is 1.74. The molecule has 188 valence electrons. The molecule has 0 aliphatic carbocycles. The number of carboxylic acid groups (broad SMARTS) is 1. The average molecular weight is 478 g/mol. The summed E-state index contributed by atoms with van der Waals surface area (Å²) in [6, 6.07) is 16.5. The zero-order valence-corrected chi connectivity index (χ0v) is 21.2. The summed E-state index contributed by atoms with van der Waals surface area (Å²) < 4.78 is 7.79. The number of benzene rings is 2. The highest BCUT2D eigenvalue weighted by atomic mass is 16.5. The molecule has 6 nitrogen and oxygen atoms in total. The van der Waals surface area contributed by atoms with Crippen LogP contribution in [0.15, 0.2) is 54.7 Å². The lowest BCUT2D eigenvalue weighted by Crippen LogP contribution is -2.46. The second-order valence-electron chi connectivity index (χ2n) is 9.51. The average Bonchev–Trinajstić information content (AvgIpc) is 3.25. The van der Waals surface area contributed by atoms with E-state index < -0.39 is 11.9 Å². The number of ether oxygens (including phenoxy) is 1. The highest BCUT2D eigenvalue weighted by Gasteiger charge is 2.22. The number of carboxylic acids is 1. The zero-order valence-electron chi connectivity index (χ0n) is 21.2. The van der Waals surface area contributed by atoms with Gasteiger partial charge in [0, 0.05) is 49.8 Å². The first-order chi connectivity index (χ1) is 17.1. The maximum absolute atomic E-state index is 11.7. The molecule has 4 rings (SSSR count). The van der Waals surface area contributed by atoms with Gasteiger partial charge in [-0.3, -0.25) is 9.69 Å². The number of anilines is 1. The fourth-order valence-corrected chi connectivity index (χ4v) is 5.34. The van der Waals surface area contributed by atoms with Crippen molar-refractivity contribution >= 4 is 22.6 Å². The summed E-state index contributed by atoms with van der Waals surface area (Å²) in [5, 5.41) is 10.7. The van der Waals surface area contributed by atoms with Crippen LogP contribution in [-0.4, -0.2) is 60.4 Å². The lowest BCUT2D eigenvalue weighted by atomic mass is 9.96. The maximum atomic E-state index is 11.7. The van der Waals surface area contributed by atoms with E-state index in [1.165, 1.54) is 24.9 Å². The molecular weight excluding hydrogens is 438 g/mol. The molecule has 2 heterocycles. The van der Waals surface area contributed by atoms with Gasteiger partial charge in [0.15, 0.2) is 0 Å². The van der Waals surface area contributed by atoms with Crippen molar-refractivity contribution in [3.8, 4) is 5.75 Å². The van der Waals surface area contributed by atoms with Gasteiger partial charge >= 0.3 is 5.97 Å². The zero-order chi connectivity index (χ0) is 24.6. The van der Waals surface area contributed by atoms with E-state index in [-0.39, 0.29) is 0 Å². The minimum absolute atomic E-state index is 0.440. The van der Waals surface area contributed by atoms with Crippen molar-refractivity contribution in [1.29, 1.82) is 0 Å². The van der Waals surface area contributed by atoms with Crippen LogP contribution in [0.1, 0.15) is 50.5 Å². The molecule has 35 heavy (non-hydrogen) atoms. The minimum atomic E-state index is -0.737. The number of aryl methyl sites for hydroxylation is 1. The van der Waals surface area contributed by atoms with E-state index in [9.17, 15) is 9.90 Å². The number of nitrogens with zero attached hydrogens (tertiary/aromatic N) is 3. The summed E-state index contributed by atoms with van der Waals surface area (Å²) in [6.07, 6.45) is 7.45. The van der Waals surface area contributed by atoms with Gasteiger partial charge in [0.1, 0.15) is 5.75 Å². The number of para-hydroxylation sites is 3. The number of aliphatic carboxylic acids is 1. The van der Waals surface area contributed by atoms with E-state index in [1.807, 2.05) is 31.2 Å². The minimum Gasteiger partial charge on any atom is -0.495 e. The number of hydrogen-bond donors (Lipinski definition) is 1. The van der Waals surface area contributed by atoms with E-state index in [2.05, 4.69) is 44.8 Å². The molecule has 0 spiro atoms. The standard InChI is InChI=1S/C29H39N3O3/c1-3-23(29(33)34)25-22-32(26-13-7-6-12-24(25)26)17-11-5-4-10-16-30-18-20-31(21-19-30)27-14-8-9-15-28(27)35-2/h6-9,12-15,22-23H,3-5,10-11,16-21H2,1-2H3,(H,33,34). The normalized spacial score (nSPS) is 15.4. The fourth-order valence-electron chi connectivity index (χ4n) is 5.34. The molecular formula is C29H39N3O3. The van der Waals surface area contributed by atoms with Crippen LogP contribution in [0, 0.1) is 0 Å². The first-order valence-electron chi connectivity index (χ1n) is 13.0. The number of carbonyl (C=O) groups is 1. The Labute approximate surface area is 209 Å². The molecule has 1 saturated heterocycles. The van der Waals surface area contributed by atoms with Gasteiger partial charge in [0.25, 0.3) is 0 Å². The van der Waals surface area contributed by atoms with E-state index in [0.29, 0.717) is 6.42 Å². The van der Waals surface area contributed by atoms with E-state index in [0.717, 1.165) is 67.9 Å². The Morgan fingerprint density at radius 1 is 0.943 bits per heavy atom. The van der Waals surface area contributed by atoms with E-state index in [4.69, 9.17) is 4.74 Å². The molecule has 1 N–H and O–H groups in total. The van der Waals surface area contributed by atoms with Gasteiger partial charge in [-0.05, 0) is 49.6 Å². The number of rotatable bonds is 12. The molecule has 1 fully saturated rings. The smallest absolute Gasteiger partial charge is 0.311 e. The third kappa shape index (κ3) is 5.99. The van der Waals surface area contributed by atoms with Crippen molar-refractivity contribution in [2.75, 3.05) is 44.7 Å². The fraction of sp³-hybridized carbons (Fsp3) is 0.483. The first kappa shape index (κ1) is 25.1. The number of unbranched alkanes of at least 4 members (excludes halogenated alkanes) is 3. The number of fused-ring (bicyclic) bond motifs is 1. The summed E-state index contributed by atoms with van der Waals surface area (Å²) in [4.78, 5) is 16.8. The van der Waals surface area contributed by atoms with Gasteiger partial charge in [0.2, 0.25) is 0 Å². The van der Waals surface area contributed by atoms with Crippen molar-refractivity contribution in [2.24, 2.45) is 0 Å².